The number of rotatable bonds is 3. The molecular formula is C9H16HgO6. The second kappa shape index (κ2) is 6.25. The molecule has 1 heterocycles. The predicted octanol–water partition coefficient (Wildman–Crippen LogP) is -0.552. The van der Waals surface area contributed by atoms with Crippen molar-refractivity contribution in [2.45, 2.75) is 41.9 Å². The van der Waals surface area contributed by atoms with E-state index in [0.717, 1.165) is 0 Å². The summed E-state index contributed by atoms with van der Waals surface area (Å²) in [6, 6.07) is 0. The molecule has 1 saturated heterocycles. The summed E-state index contributed by atoms with van der Waals surface area (Å²) in [6.45, 7) is 3.00. The van der Waals surface area contributed by atoms with Gasteiger partial charge in [0, 0.05) is 0 Å². The van der Waals surface area contributed by atoms with Crippen LogP contribution in [-0.2, 0) is 41.9 Å². The van der Waals surface area contributed by atoms with Crippen molar-refractivity contribution >= 4 is 5.97 Å². The molecule has 90 valence electrons. The molecule has 0 bridgehead atoms. The van der Waals surface area contributed by atoms with E-state index < -0.39 is 49.6 Å². The van der Waals surface area contributed by atoms with E-state index in [1.165, 1.54) is 14.0 Å². The second-order valence-electron chi connectivity index (χ2n) is 3.89. The number of hydrogen-bond acceptors (Lipinski definition) is 6. The van der Waals surface area contributed by atoms with Gasteiger partial charge in [0.25, 0.3) is 0 Å². The van der Waals surface area contributed by atoms with Crippen molar-refractivity contribution in [3.8, 4) is 0 Å². The van der Waals surface area contributed by atoms with Gasteiger partial charge in [0.1, 0.15) is 0 Å². The molecule has 1 rings (SSSR count). The van der Waals surface area contributed by atoms with E-state index in [-0.39, 0.29) is 9.40 Å². The summed E-state index contributed by atoms with van der Waals surface area (Å²) >= 11 is -2.14. The Morgan fingerprint density at radius 1 is 1.38 bits per heavy atom. The third-order valence-corrected chi connectivity index (χ3v) is 9.78. The van der Waals surface area contributed by atoms with Gasteiger partial charge in [-0.15, -0.1) is 0 Å². The average Bonchev–Trinajstić information content (AvgIpc) is 2.23. The fraction of sp³-hybridized carbons (Fsp3) is 0.889. The molecule has 16 heavy (non-hydrogen) atoms. The molecule has 0 aromatic rings. The van der Waals surface area contributed by atoms with Crippen LogP contribution in [0.15, 0.2) is 0 Å². The van der Waals surface area contributed by atoms with Gasteiger partial charge in [-0.3, -0.25) is 0 Å². The molecule has 1 fully saturated rings. The van der Waals surface area contributed by atoms with Crippen LogP contribution in [0.4, 0.5) is 0 Å². The topological polar surface area (TPSA) is 85.2 Å². The Kier molecular flexibility index (Phi) is 5.59. The normalized spacial score (nSPS) is 38.9. The van der Waals surface area contributed by atoms with Crippen molar-refractivity contribution in [3.05, 3.63) is 0 Å². The van der Waals surface area contributed by atoms with Crippen LogP contribution in [-0.4, -0.2) is 47.9 Å². The molecule has 0 aromatic carbocycles. The molecule has 0 spiro atoms. The van der Waals surface area contributed by atoms with Crippen molar-refractivity contribution in [2.75, 3.05) is 7.11 Å². The van der Waals surface area contributed by atoms with Crippen LogP contribution in [0.1, 0.15) is 13.8 Å². The van der Waals surface area contributed by atoms with Crippen molar-refractivity contribution < 1.29 is 52.2 Å². The summed E-state index contributed by atoms with van der Waals surface area (Å²) in [7, 11) is 1.47. The number of carbonyl (C=O) groups excluding carboxylic acids is 1. The third-order valence-electron chi connectivity index (χ3n) is 2.68. The fourth-order valence-corrected chi connectivity index (χ4v) is 7.01. The monoisotopic (exact) mass is 422 g/mol. The van der Waals surface area contributed by atoms with Gasteiger partial charge >= 0.3 is 107 Å². The Morgan fingerprint density at radius 3 is 2.50 bits per heavy atom. The van der Waals surface area contributed by atoms with Gasteiger partial charge in [0.15, 0.2) is 0 Å². The molecule has 0 saturated carbocycles. The molecule has 5 atom stereocenters. The molecule has 0 aromatic heterocycles. The second-order valence-corrected chi connectivity index (χ2v) is 9.98. The first-order valence-corrected chi connectivity index (χ1v) is 10.6. The summed E-state index contributed by atoms with van der Waals surface area (Å²) in [4.78, 5) is 10.7. The Bertz CT molecular complexity index is 246. The molecule has 1 aliphatic rings. The molecule has 0 radical (unpaired) electrons. The molecule has 2 N–H and O–H groups in total. The predicted molar refractivity (Wildman–Crippen MR) is 48.9 cm³/mol. The number of hydrogen-bond donors (Lipinski definition) is 2. The van der Waals surface area contributed by atoms with E-state index in [0.29, 0.717) is 0 Å². The molecule has 0 amide bonds. The van der Waals surface area contributed by atoms with Gasteiger partial charge < -0.3 is 0 Å². The van der Waals surface area contributed by atoms with Crippen LogP contribution in [0.3, 0.4) is 0 Å². The van der Waals surface area contributed by atoms with E-state index >= 15 is 0 Å². The van der Waals surface area contributed by atoms with Gasteiger partial charge in [-0.05, 0) is 0 Å². The summed E-state index contributed by atoms with van der Waals surface area (Å²) in [5.41, 5.74) is 0. The van der Waals surface area contributed by atoms with Crippen LogP contribution in [0.25, 0.3) is 0 Å². The van der Waals surface area contributed by atoms with Crippen molar-refractivity contribution in [1.29, 1.82) is 0 Å². The van der Waals surface area contributed by atoms with Crippen LogP contribution in [0, 0.1) is 0 Å². The minimum absolute atomic E-state index is 0.350. The first kappa shape index (κ1) is 14.3. The molecule has 6 nitrogen and oxygen atoms in total. The van der Waals surface area contributed by atoms with E-state index in [2.05, 4.69) is 0 Å². The van der Waals surface area contributed by atoms with Crippen LogP contribution < -0.4 is 0 Å². The Labute approximate surface area is 107 Å². The number of aliphatic hydroxyl groups is 2. The third kappa shape index (κ3) is 3.37. The molecule has 1 aliphatic heterocycles. The molecule has 5 unspecified atom stereocenters. The van der Waals surface area contributed by atoms with Gasteiger partial charge in [-0.2, -0.15) is 0 Å². The average molecular weight is 421 g/mol. The summed E-state index contributed by atoms with van der Waals surface area (Å²) < 4.78 is 15.1. The first-order valence-electron chi connectivity index (χ1n) is 5.15. The van der Waals surface area contributed by atoms with Crippen LogP contribution >= 0.6 is 0 Å². The summed E-state index contributed by atoms with van der Waals surface area (Å²) in [5.74, 6) is -0.350. The van der Waals surface area contributed by atoms with Crippen molar-refractivity contribution in [3.63, 3.8) is 0 Å². The molecule has 0 aliphatic carbocycles. The van der Waals surface area contributed by atoms with Crippen molar-refractivity contribution in [2.24, 2.45) is 0 Å². The Morgan fingerprint density at radius 2 is 2.00 bits per heavy atom. The van der Waals surface area contributed by atoms with Gasteiger partial charge in [-0.25, -0.2) is 0 Å². The Balaban J connectivity index is 2.65. The standard InChI is InChI=1S/C7H13O4.C2H4O2.Hg/c1-4-7(9)5(8)3-6(10-2)11-4;1-2(3)4;/h3-9H,1-2H3;1H3,(H,3,4);/q;;+1/p-1. The zero-order valence-electron chi connectivity index (χ0n) is 9.62. The SMILES string of the molecule is COC1OC(C)C(O)C(O)[CH]1[Hg][O]C(C)=O. The molecular weight excluding hydrogens is 405 g/mol. The number of carbonyl (C=O) groups is 1. The molecule has 7 heteroatoms. The summed E-state index contributed by atoms with van der Waals surface area (Å²) in [6.07, 6.45) is -2.96. The van der Waals surface area contributed by atoms with Crippen LogP contribution in [0.5, 0.6) is 0 Å². The zero-order valence-corrected chi connectivity index (χ0v) is 15.1. The zero-order chi connectivity index (χ0) is 12.3. The summed E-state index contributed by atoms with van der Waals surface area (Å²) in [5, 5.41) is 19.5. The van der Waals surface area contributed by atoms with Gasteiger partial charge in [0.05, 0.1) is 0 Å². The van der Waals surface area contributed by atoms with Crippen LogP contribution in [0.2, 0.25) is 3.43 Å². The van der Waals surface area contributed by atoms with Gasteiger partial charge in [-0.1, -0.05) is 0 Å². The van der Waals surface area contributed by atoms with Crippen molar-refractivity contribution in [1.82, 2.24) is 0 Å². The maximum absolute atomic E-state index is 10.7. The number of ether oxygens (including phenoxy) is 2. The first-order chi connectivity index (χ1) is 7.47. The number of methoxy groups -OCH3 is 1. The van der Waals surface area contributed by atoms with E-state index in [1.54, 1.807) is 6.92 Å². The fourth-order valence-electron chi connectivity index (χ4n) is 1.71. The number of aliphatic hydroxyl groups excluding tert-OH is 2. The quantitative estimate of drug-likeness (QED) is 0.596. The maximum atomic E-state index is 10.7. The van der Waals surface area contributed by atoms with E-state index in [4.69, 9.17) is 12.1 Å². The van der Waals surface area contributed by atoms with Gasteiger partial charge in [0.2, 0.25) is 0 Å². The van der Waals surface area contributed by atoms with E-state index in [1.807, 2.05) is 0 Å². The minimum atomic E-state index is -2.14. The van der Waals surface area contributed by atoms with E-state index in [9.17, 15) is 15.0 Å². The Hall–Kier alpha value is 0.245.